The van der Waals surface area contributed by atoms with Crippen molar-refractivity contribution in [2.45, 2.75) is 13.3 Å². The average molecular weight is 335 g/mol. The second-order valence-corrected chi connectivity index (χ2v) is 4.32. The predicted molar refractivity (Wildman–Crippen MR) is 64.2 cm³/mol. The molecule has 0 bridgehead atoms. The van der Waals surface area contributed by atoms with Gasteiger partial charge in [-0.15, -0.1) is 0 Å². The fraction of sp³-hybridized carbons (Fsp3) is 0.200. The standard InChI is InChI=1S/C10H8F2IN3/c1-5-6(3-2-4-14-5)8-7(13)9(10(11)12)16-15-8/h2-4,10H,1H3,(H,15,16). The lowest BCUT2D eigenvalue weighted by atomic mass is 10.1. The molecule has 1 N–H and O–H groups in total. The summed E-state index contributed by atoms with van der Waals surface area (Å²) in [6, 6.07) is 3.57. The van der Waals surface area contributed by atoms with Crippen molar-refractivity contribution in [2.24, 2.45) is 0 Å². The fourth-order valence-electron chi connectivity index (χ4n) is 1.40. The summed E-state index contributed by atoms with van der Waals surface area (Å²) in [7, 11) is 0. The Hall–Kier alpha value is -1.05. The maximum Gasteiger partial charge on any atom is 0.280 e. The lowest BCUT2D eigenvalue weighted by Crippen LogP contribution is -1.89. The molecule has 0 amide bonds. The van der Waals surface area contributed by atoms with Crippen LogP contribution in [-0.2, 0) is 0 Å². The van der Waals surface area contributed by atoms with E-state index in [0.29, 0.717) is 9.26 Å². The van der Waals surface area contributed by atoms with Gasteiger partial charge in [-0.2, -0.15) is 5.10 Å². The summed E-state index contributed by atoms with van der Waals surface area (Å²) in [5.74, 6) is 0. The molecule has 2 rings (SSSR count). The molecule has 2 heterocycles. The molecule has 0 saturated heterocycles. The Morgan fingerprint density at radius 3 is 2.75 bits per heavy atom. The third-order valence-electron chi connectivity index (χ3n) is 2.21. The van der Waals surface area contributed by atoms with E-state index in [1.807, 2.05) is 35.6 Å². The van der Waals surface area contributed by atoms with Crippen LogP contribution < -0.4 is 0 Å². The Morgan fingerprint density at radius 1 is 1.44 bits per heavy atom. The smallest absolute Gasteiger partial charge is 0.275 e. The van der Waals surface area contributed by atoms with Crippen LogP contribution in [0, 0.1) is 10.5 Å². The summed E-state index contributed by atoms with van der Waals surface area (Å²) >= 11 is 1.87. The van der Waals surface area contributed by atoms with Crippen molar-refractivity contribution < 1.29 is 8.78 Å². The highest BCUT2D eigenvalue weighted by Gasteiger charge is 2.20. The SMILES string of the molecule is Cc1ncccc1-c1n[nH]c(C(F)F)c1I. The summed E-state index contributed by atoms with van der Waals surface area (Å²) in [4.78, 5) is 4.11. The van der Waals surface area contributed by atoms with Gasteiger partial charge in [0.05, 0.1) is 3.57 Å². The minimum Gasteiger partial charge on any atom is -0.275 e. The molecular weight excluding hydrogens is 327 g/mol. The predicted octanol–water partition coefficient (Wildman–Crippen LogP) is 3.32. The number of aryl methyl sites for hydroxylation is 1. The Labute approximate surface area is 104 Å². The maximum atomic E-state index is 12.6. The van der Waals surface area contributed by atoms with Crippen LogP contribution in [0.5, 0.6) is 0 Å². The number of aromatic amines is 1. The number of aromatic nitrogens is 3. The van der Waals surface area contributed by atoms with E-state index in [1.165, 1.54) is 0 Å². The molecule has 0 unspecified atom stereocenters. The van der Waals surface area contributed by atoms with Gasteiger partial charge in [0.15, 0.2) is 0 Å². The third-order valence-corrected chi connectivity index (χ3v) is 3.30. The highest BCUT2D eigenvalue weighted by molar-refractivity contribution is 14.1. The van der Waals surface area contributed by atoms with E-state index in [1.54, 1.807) is 12.3 Å². The number of nitrogens with zero attached hydrogens (tertiary/aromatic N) is 2. The van der Waals surface area contributed by atoms with Crippen molar-refractivity contribution in [3.63, 3.8) is 0 Å². The Balaban J connectivity index is 2.54. The van der Waals surface area contributed by atoms with Gasteiger partial charge in [0.1, 0.15) is 11.4 Å². The van der Waals surface area contributed by atoms with Crippen LogP contribution >= 0.6 is 22.6 Å². The minimum absolute atomic E-state index is 0.140. The molecular formula is C10H8F2IN3. The number of pyridine rings is 1. The van der Waals surface area contributed by atoms with E-state index in [9.17, 15) is 8.78 Å². The first kappa shape index (κ1) is 11.4. The van der Waals surface area contributed by atoms with Crippen LogP contribution in [0.4, 0.5) is 8.78 Å². The van der Waals surface area contributed by atoms with Crippen LogP contribution in [0.25, 0.3) is 11.3 Å². The Morgan fingerprint density at radius 2 is 2.19 bits per heavy atom. The molecule has 0 spiro atoms. The van der Waals surface area contributed by atoms with Gasteiger partial charge in [-0.3, -0.25) is 10.1 Å². The zero-order valence-electron chi connectivity index (χ0n) is 8.34. The third kappa shape index (κ3) is 1.93. The van der Waals surface area contributed by atoms with Gasteiger partial charge in [-0.05, 0) is 41.6 Å². The average Bonchev–Trinajstić information content (AvgIpc) is 2.61. The molecule has 2 aromatic rings. The van der Waals surface area contributed by atoms with Crippen molar-refractivity contribution in [3.05, 3.63) is 33.3 Å². The van der Waals surface area contributed by atoms with Crippen molar-refractivity contribution in [3.8, 4) is 11.3 Å². The Bertz CT molecular complexity index is 511. The number of nitrogens with one attached hydrogen (secondary N) is 1. The topological polar surface area (TPSA) is 41.6 Å². The largest absolute Gasteiger partial charge is 0.280 e. The van der Waals surface area contributed by atoms with Crippen molar-refractivity contribution in [1.82, 2.24) is 15.2 Å². The number of hydrogen-bond acceptors (Lipinski definition) is 2. The van der Waals surface area contributed by atoms with Crippen LogP contribution in [0.1, 0.15) is 17.8 Å². The van der Waals surface area contributed by atoms with Gasteiger partial charge >= 0.3 is 0 Å². The zero-order chi connectivity index (χ0) is 11.7. The van der Waals surface area contributed by atoms with E-state index in [-0.39, 0.29) is 5.69 Å². The molecule has 2 aromatic heterocycles. The number of hydrogen-bond donors (Lipinski definition) is 1. The van der Waals surface area contributed by atoms with Gasteiger partial charge < -0.3 is 0 Å². The van der Waals surface area contributed by atoms with E-state index in [2.05, 4.69) is 15.2 Å². The molecule has 84 valence electrons. The quantitative estimate of drug-likeness (QED) is 0.856. The molecule has 6 heteroatoms. The first-order valence-electron chi connectivity index (χ1n) is 4.55. The summed E-state index contributed by atoms with van der Waals surface area (Å²) in [6.07, 6.45) is -0.878. The summed E-state index contributed by atoms with van der Waals surface area (Å²) in [5.41, 5.74) is 1.93. The van der Waals surface area contributed by atoms with Crippen molar-refractivity contribution in [2.75, 3.05) is 0 Å². The summed E-state index contributed by atoms with van der Waals surface area (Å²) < 4.78 is 25.6. The van der Waals surface area contributed by atoms with Gasteiger partial charge in [0.2, 0.25) is 0 Å². The first-order valence-corrected chi connectivity index (χ1v) is 5.63. The number of halogens is 3. The molecule has 0 aromatic carbocycles. The molecule has 0 aliphatic heterocycles. The molecule has 0 aliphatic carbocycles. The summed E-state index contributed by atoms with van der Waals surface area (Å²) in [5, 5.41) is 6.28. The lowest BCUT2D eigenvalue weighted by Gasteiger charge is -2.01. The van der Waals surface area contributed by atoms with E-state index < -0.39 is 6.43 Å². The van der Waals surface area contributed by atoms with Gasteiger partial charge in [-0.1, -0.05) is 0 Å². The zero-order valence-corrected chi connectivity index (χ0v) is 10.5. The first-order chi connectivity index (χ1) is 7.61. The summed E-state index contributed by atoms with van der Waals surface area (Å²) in [6.45, 7) is 1.82. The number of rotatable bonds is 2. The van der Waals surface area contributed by atoms with Crippen LogP contribution in [-0.4, -0.2) is 15.2 Å². The van der Waals surface area contributed by atoms with Crippen LogP contribution in [0.15, 0.2) is 18.3 Å². The normalized spacial score (nSPS) is 11.1. The second kappa shape index (κ2) is 4.44. The number of H-pyrrole nitrogens is 1. The van der Waals surface area contributed by atoms with Crippen LogP contribution in [0.2, 0.25) is 0 Å². The maximum absolute atomic E-state index is 12.6. The van der Waals surface area contributed by atoms with E-state index >= 15 is 0 Å². The molecule has 0 radical (unpaired) electrons. The molecule has 0 saturated carbocycles. The van der Waals surface area contributed by atoms with Crippen LogP contribution in [0.3, 0.4) is 0 Å². The second-order valence-electron chi connectivity index (χ2n) is 3.24. The van der Waals surface area contributed by atoms with E-state index in [0.717, 1.165) is 11.3 Å². The van der Waals surface area contributed by atoms with Crippen molar-refractivity contribution in [1.29, 1.82) is 0 Å². The molecule has 16 heavy (non-hydrogen) atoms. The molecule has 0 fully saturated rings. The highest BCUT2D eigenvalue weighted by Crippen LogP contribution is 2.31. The fourth-order valence-corrected chi connectivity index (χ4v) is 2.17. The minimum atomic E-state index is -2.54. The lowest BCUT2D eigenvalue weighted by molar-refractivity contribution is 0.145. The molecule has 0 aliphatic rings. The van der Waals surface area contributed by atoms with E-state index in [4.69, 9.17) is 0 Å². The van der Waals surface area contributed by atoms with Gasteiger partial charge in [-0.25, -0.2) is 8.78 Å². The Kier molecular flexibility index (Phi) is 3.17. The molecule has 3 nitrogen and oxygen atoms in total. The number of alkyl halides is 2. The van der Waals surface area contributed by atoms with Gasteiger partial charge in [0, 0.05) is 17.5 Å². The highest BCUT2D eigenvalue weighted by atomic mass is 127. The van der Waals surface area contributed by atoms with Gasteiger partial charge in [0.25, 0.3) is 6.43 Å². The monoisotopic (exact) mass is 335 g/mol. The molecule has 0 atom stereocenters. The van der Waals surface area contributed by atoms with Crippen molar-refractivity contribution >= 4 is 22.6 Å².